The van der Waals surface area contributed by atoms with Gasteiger partial charge in [-0.1, -0.05) is 42.2 Å². The maximum absolute atomic E-state index is 13.5. The van der Waals surface area contributed by atoms with E-state index in [1.807, 2.05) is 43.3 Å². The predicted octanol–water partition coefficient (Wildman–Crippen LogP) is 3.41. The molecule has 3 heteroatoms. The van der Waals surface area contributed by atoms with E-state index >= 15 is 0 Å². The molecule has 2 rings (SSSR count). The summed E-state index contributed by atoms with van der Waals surface area (Å²) in [4.78, 5) is 0. The summed E-state index contributed by atoms with van der Waals surface area (Å²) in [6.07, 6.45) is -0.0481. The van der Waals surface area contributed by atoms with E-state index in [-0.39, 0.29) is 18.5 Å². The quantitative estimate of drug-likeness (QED) is 0.873. The predicted molar refractivity (Wildman–Crippen MR) is 82.0 cm³/mol. The average Bonchev–Trinajstić information content (AvgIpc) is 2.51. The van der Waals surface area contributed by atoms with E-state index in [0.29, 0.717) is 12.2 Å². The Morgan fingerprint density at radius 3 is 2.67 bits per heavy atom. The second kappa shape index (κ2) is 7.58. The highest BCUT2D eigenvalue weighted by molar-refractivity contribution is 5.37. The van der Waals surface area contributed by atoms with Gasteiger partial charge in [0.15, 0.2) is 0 Å². The van der Waals surface area contributed by atoms with E-state index in [4.69, 9.17) is 10.5 Å². The molecule has 2 aromatic rings. The Labute approximate surface area is 124 Å². The van der Waals surface area contributed by atoms with Gasteiger partial charge in [0.2, 0.25) is 0 Å². The minimum atomic E-state index is -0.315. The first-order valence-electron chi connectivity index (χ1n) is 6.84. The van der Waals surface area contributed by atoms with Crippen LogP contribution in [0.25, 0.3) is 0 Å². The normalized spacial score (nSPS) is 11.6. The van der Waals surface area contributed by atoms with Crippen LogP contribution in [0.15, 0.2) is 48.5 Å². The molecular formula is C18H18FNO. The molecule has 0 heterocycles. The third-order valence-corrected chi connectivity index (χ3v) is 3.06. The number of ether oxygens (including phenoxy) is 1. The molecule has 1 atom stereocenters. The van der Waals surface area contributed by atoms with Gasteiger partial charge in [-0.2, -0.15) is 0 Å². The molecule has 21 heavy (non-hydrogen) atoms. The van der Waals surface area contributed by atoms with Gasteiger partial charge in [0.25, 0.3) is 0 Å². The molecule has 2 aromatic carbocycles. The molecule has 0 saturated carbocycles. The van der Waals surface area contributed by atoms with Crippen molar-refractivity contribution in [2.45, 2.75) is 19.6 Å². The summed E-state index contributed by atoms with van der Waals surface area (Å²) in [5.41, 5.74) is 7.80. The molecule has 2 N–H and O–H groups in total. The Kier molecular flexibility index (Phi) is 5.51. The summed E-state index contributed by atoms with van der Waals surface area (Å²) in [6.45, 7) is 2.57. The van der Waals surface area contributed by atoms with Gasteiger partial charge in [-0.3, -0.25) is 0 Å². The fourth-order valence-corrected chi connectivity index (χ4v) is 2.00. The van der Waals surface area contributed by atoms with Crippen LogP contribution in [0.5, 0.6) is 0 Å². The fourth-order valence-electron chi connectivity index (χ4n) is 2.00. The van der Waals surface area contributed by atoms with Crippen LogP contribution in [0.3, 0.4) is 0 Å². The first-order valence-corrected chi connectivity index (χ1v) is 6.84. The fraction of sp³-hybridized carbons (Fsp3) is 0.222. The van der Waals surface area contributed by atoms with Crippen molar-refractivity contribution in [2.24, 2.45) is 5.73 Å². The van der Waals surface area contributed by atoms with Gasteiger partial charge in [-0.15, -0.1) is 0 Å². The van der Waals surface area contributed by atoms with Crippen LogP contribution in [0.1, 0.15) is 29.7 Å². The molecule has 1 unspecified atom stereocenters. The topological polar surface area (TPSA) is 35.2 Å². The molecule has 108 valence electrons. The van der Waals surface area contributed by atoms with Crippen molar-refractivity contribution in [1.82, 2.24) is 0 Å². The first kappa shape index (κ1) is 15.2. The third kappa shape index (κ3) is 4.71. The highest BCUT2D eigenvalue weighted by Gasteiger charge is 2.06. The Morgan fingerprint density at radius 1 is 1.19 bits per heavy atom. The molecule has 0 radical (unpaired) electrons. The van der Waals surface area contributed by atoms with E-state index in [2.05, 4.69) is 11.8 Å². The van der Waals surface area contributed by atoms with E-state index in [1.165, 1.54) is 12.1 Å². The number of rotatable bonds is 4. The Hall–Kier alpha value is -2.15. The molecule has 0 spiro atoms. The highest BCUT2D eigenvalue weighted by atomic mass is 19.1. The van der Waals surface area contributed by atoms with E-state index < -0.39 is 0 Å². The zero-order valence-electron chi connectivity index (χ0n) is 12.0. The van der Waals surface area contributed by atoms with Gasteiger partial charge in [-0.05, 0) is 36.2 Å². The highest BCUT2D eigenvalue weighted by Crippen LogP contribution is 2.19. The molecule has 0 aliphatic rings. The lowest BCUT2D eigenvalue weighted by Gasteiger charge is -2.13. The molecule has 2 nitrogen and oxygen atoms in total. The van der Waals surface area contributed by atoms with Gasteiger partial charge in [-0.25, -0.2) is 4.39 Å². The summed E-state index contributed by atoms with van der Waals surface area (Å²) in [6, 6.07) is 14.6. The van der Waals surface area contributed by atoms with E-state index in [9.17, 15) is 4.39 Å². The largest absolute Gasteiger partial charge is 0.369 e. The lowest BCUT2D eigenvalue weighted by molar-refractivity contribution is 0.0524. The van der Waals surface area contributed by atoms with Crippen LogP contribution >= 0.6 is 0 Å². The zero-order chi connectivity index (χ0) is 15.1. The molecule has 0 aliphatic carbocycles. The van der Waals surface area contributed by atoms with Gasteiger partial charge in [0, 0.05) is 5.56 Å². The minimum Gasteiger partial charge on any atom is -0.369 e. The van der Waals surface area contributed by atoms with Crippen LogP contribution < -0.4 is 5.73 Å². The van der Waals surface area contributed by atoms with Crippen LogP contribution in [0.4, 0.5) is 4.39 Å². The third-order valence-electron chi connectivity index (χ3n) is 3.06. The van der Waals surface area contributed by atoms with Gasteiger partial charge in [0.1, 0.15) is 5.82 Å². The standard InChI is InChI=1S/C18H18FNO/c1-14(17-7-3-2-4-8-17)21-13-16-10-15(6-5-9-20)11-18(19)12-16/h2-4,7-8,10-12,14H,9,13,20H2,1H3. The molecule has 0 saturated heterocycles. The van der Waals surface area contributed by atoms with Crippen molar-refractivity contribution >= 4 is 0 Å². The van der Waals surface area contributed by atoms with Crippen molar-refractivity contribution in [1.29, 1.82) is 0 Å². The molecule has 0 fully saturated rings. The maximum atomic E-state index is 13.5. The Balaban J connectivity index is 2.04. The van der Waals surface area contributed by atoms with E-state index in [1.54, 1.807) is 0 Å². The lowest BCUT2D eigenvalue weighted by atomic mass is 10.1. The van der Waals surface area contributed by atoms with E-state index in [0.717, 1.165) is 11.1 Å². The van der Waals surface area contributed by atoms with Crippen LogP contribution in [-0.2, 0) is 11.3 Å². The van der Waals surface area contributed by atoms with Crippen molar-refractivity contribution in [3.63, 3.8) is 0 Å². The zero-order valence-corrected chi connectivity index (χ0v) is 12.0. The van der Waals surface area contributed by atoms with Crippen molar-refractivity contribution in [3.8, 4) is 11.8 Å². The lowest BCUT2D eigenvalue weighted by Crippen LogP contribution is -2.01. The summed E-state index contributed by atoms with van der Waals surface area (Å²) < 4.78 is 19.3. The maximum Gasteiger partial charge on any atom is 0.124 e. The minimum absolute atomic E-state index is 0.0481. The SMILES string of the molecule is CC(OCc1cc(F)cc(C#CCN)c1)c1ccccc1. The van der Waals surface area contributed by atoms with Gasteiger partial charge < -0.3 is 10.5 Å². The van der Waals surface area contributed by atoms with Crippen molar-refractivity contribution in [3.05, 3.63) is 71.0 Å². The number of hydrogen-bond acceptors (Lipinski definition) is 2. The molecule has 0 aromatic heterocycles. The van der Waals surface area contributed by atoms with Crippen molar-refractivity contribution in [2.75, 3.05) is 6.54 Å². The second-order valence-corrected chi connectivity index (χ2v) is 4.72. The molecule has 0 aliphatic heterocycles. The summed E-state index contributed by atoms with van der Waals surface area (Å²) in [7, 11) is 0. The number of nitrogens with two attached hydrogens (primary N) is 1. The molecular weight excluding hydrogens is 265 g/mol. The van der Waals surface area contributed by atoms with Crippen molar-refractivity contribution < 1.29 is 9.13 Å². The number of halogens is 1. The molecule has 0 amide bonds. The van der Waals surface area contributed by atoms with Gasteiger partial charge in [0.05, 0.1) is 19.3 Å². The van der Waals surface area contributed by atoms with Gasteiger partial charge >= 0.3 is 0 Å². The van der Waals surface area contributed by atoms with Crippen LogP contribution in [0, 0.1) is 17.7 Å². The monoisotopic (exact) mass is 283 g/mol. The summed E-state index contributed by atoms with van der Waals surface area (Å²) in [5, 5.41) is 0. The summed E-state index contributed by atoms with van der Waals surface area (Å²) in [5.74, 6) is 5.24. The van der Waals surface area contributed by atoms with Crippen LogP contribution in [0.2, 0.25) is 0 Å². The van der Waals surface area contributed by atoms with Crippen LogP contribution in [-0.4, -0.2) is 6.54 Å². The average molecular weight is 283 g/mol. The Morgan fingerprint density at radius 2 is 1.95 bits per heavy atom. The number of hydrogen-bond donors (Lipinski definition) is 1. The summed E-state index contributed by atoms with van der Waals surface area (Å²) >= 11 is 0. The molecule has 0 bridgehead atoms. The second-order valence-electron chi connectivity index (χ2n) is 4.72. The number of benzene rings is 2. The Bertz CT molecular complexity index is 643. The smallest absolute Gasteiger partial charge is 0.124 e. The first-order chi connectivity index (χ1) is 10.2.